The maximum Gasteiger partial charge on any atom is 0.336 e. The van der Waals surface area contributed by atoms with Crippen molar-refractivity contribution in [1.82, 2.24) is 9.88 Å². The Balaban J connectivity index is 1.53. The molecule has 0 bridgehead atoms. The number of amides is 2. The molecular formula is C17H18N4O4. The second kappa shape index (κ2) is 7.25. The van der Waals surface area contributed by atoms with Gasteiger partial charge in [0.25, 0.3) is 0 Å². The van der Waals surface area contributed by atoms with Crippen LogP contribution in [0.25, 0.3) is 0 Å². The summed E-state index contributed by atoms with van der Waals surface area (Å²) in [4.78, 5) is 46.1. The third-order valence-electron chi connectivity index (χ3n) is 4.34. The molecule has 2 atom stereocenters. The predicted molar refractivity (Wildman–Crippen MR) is 87.7 cm³/mol. The van der Waals surface area contributed by atoms with E-state index in [0.717, 1.165) is 4.90 Å². The van der Waals surface area contributed by atoms with Gasteiger partial charge in [0.2, 0.25) is 11.8 Å². The van der Waals surface area contributed by atoms with Crippen LogP contribution in [0.5, 0.6) is 0 Å². The molecule has 0 spiro atoms. The van der Waals surface area contributed by atoms with E-state index in [2.05, 4.69) is 10.1 Å². The number of hydrogen-bond donors (Lipinski definition) is 1. The van der Waals surface area contributed by atoms with Crippen LogP contribution in [0.15, 0.2) is 41.8 Å². The largest absolute Gasteiger partial charge is 0.380 e. The van der Waals surface area contributed by atoms with Crippen LogP contribution in [0.2, 0.25) is 0 Å². The first-order chi connectivity index (χ1) is 12.1. The molecule has 3 rings (SSSR count). The lowest BCUT2D eigenvalue weighted by atomic mass is 9.85. The minimum Gasteiger partial charge on any atom is -0.380 e. The third-order valence-corrected chi connectivity index (χ3v) is 4.34. The number of nitrogens with zero attached hydrogens (tertiary/aromatic N) is 3. The monoisotopic (exact) mass is 342 g/mol. The van der Waals surface area contributed by atoms with Crippen molar-refractivity contribution >= 4 is 23.6 Å². The van der Waals surface area contributed by atoms with Crippen molar-refractivity contribution < 1.29 is 19.2 Å². The molecule has 1 fully saturated rings. The molecule has 2 heterocycles. The van der Waals surface area contributed by atoms with Crippen molar-refractivity contribution in [3.63, 3.8) is 0 Å². The van der Waals surface area contributed by atoms with Crippen LogP contribution in [-0.2, 0) is 19.2 Å². The maximum absolute atomic E-state index is 12.3. The van der Waals surface area contributed by atoms with Gasteiger partial charge in [0, 0.05) is 24.5 Å². The smallest absolute Gasteiger partial charge is 0.336 e. The number of likely N-dealkylation sites (tertiary alicyclic amines) is 1. The number of carbonyl (C=O) groups is 3. The van der Waals surface area contributed by atoms with E-state index in [-0.39, 0.29) is 42.5 Å². The summed E-state index contributed by atoms with van der Waals surface area (Å²) in [5.74, 6) is -1.68. The van der Waals surface area contributed by atoms with Crippen LogP contribution in [0.4, 0.5) is 0 Å². The van der Waals surface area contributed by atoms with Crippen molar-refractivity contribution in [3.05, 3.63) is 42.2 Å². The molecule has 25 heavy (non-hydrogen) atoms. The Bertz CT molecular complexity index is 718. The van der Waals surface area contributed by atoms with Gasteiger partial charge in [0.05, 0.1) is 18.3 Å². The zero-order valence-corrected chi connectivity index (χ0v) is 13.5. The fourth-order valence-corrected chi connectivity index (χ4v) is 3.01. The molecule has 0 radical (unpaired) electrons. The zero-order valence-electron chi connectivity index (χ0n) is 13.5. The number of aromatic nitrogens is 1. The predicted octanol–water partition coefficient (Wildman–Crippen LogP) is 0.586. The molecule has 0 unspecified atom stereocenters. The summed E-state index contributed by atoms with van der Waals surface area (Å²) in [6, 6.07) is 3.36. The zero-order chi connectivity index (χ0) is 17.8. The van der Waals surface area contributed by atoms with Gasteiger partial charge in [0.1, 0.15) is 0 Å². The van der Waals surface area contributed by atoms with E-state index in [1.165, 1.54) is 6.20 Å². The van der Waals surface area contributed by atoms with E-state index < -0.39 is 5.97 Å². The number of imide groups is 1. The van der Waals surface area contributed by atoms with E-state index in [9.17, 15) is 14.4 Å². The number of pyridine rings is 1. The number of rotatable bonds is 5. The van der Waals surface area contributed by atoms with Crippen molar-refractivity contribution in [2.24, 2.45) is 22.7 Å². The molecule has 2 amide bonds. The van der Waals surface area contributed by atoms with Gasteiger partial charge in [-0.05, 0) is 25.0 Å². The summed E-state index contributed by atoms with van der Waals surface area (Å²) >= 11 is 0. The summed E-state index contributed by atoms with van der Waals surface area (Å²) in [5.41, 5.74) is 6.22. The van der Waals surface area contributed by atoms with Gasteiger partial charge >= 0.3 is 5.97 Å². The highest BCUT2D eigenvalue weighted by atomic mass is 16.7. The van der Waals surface area contributed by atoms with Gasteiger partial charge in [-0.3, -0.25) is 19.5 Å². The maximum atomic E-state index is 12.3. The number of allylic oxidation sites excluding steroid dienone is 2. The van der Waals surface area contributed by atoms with Gasteiger partial charge in [-0.2, -0.15) is 0 Å². The highest BCUT2D eigenvalue weighted by Crippen LogP contribution is 2.34. The number of fused-ring (bicyclic) bond motifs is 1. The molecule has 2 aliphatic rings. The SMILES string of the molecule is N/C(=N/OC(=O)CCN1C(=O)[C@@H]2CC=CC[C@H]2C1=O)c1cccnc1. The fourth-order valence-electron chi connectivity index (χ4n) is 3.01. The number of oxime groups is 1. The van der Waals surface area contributed by atoms with E-state index in [1.807, 2.05) is 12.2 Å². The Morgan fingerprint density at radius 1 is 1.28 bits per heavy atom. The molecule has 2 N–H and O–H groups in total. The van der Waals surface area contributed by atoms with Crippen LogP contribution in [0.3, 0.4) is 0 Å². The topological polar surface area (TPSA) is 115 Å². The number of nitrogens with two attached hydrogens (primary N) is 1. The molecule has 1 aromatic heterocycles. The molecule has 8 heteroatoms. The number of carbonyl (C=O) groups excluding carboxylic acids is 3. The van der Waals surface area contributed by atoms with Crippen molar-refractivity contribution in [2.75, 3.05) is 6.54 Å². The van der Waals surface area contributed by atoms with Crippen LogP contribution in [0, 0.1) is 11.8 Å². The van der Waals surface area contributed by atoms with Gasteiger partial charge in [-0.25, -0.2) is 4.79 Å². The van der Waals surface area contributed by atoms with E-state index in [4.69, 9.17) is 10.6 Å². The molecular weight excluding hydrogens is 324 g/mol. The third kappa shape index (κ3) is 3.57. The molecule has 1 aliphatic carbocycles. The summed E-state index contributed by atoms with van der Waals surface area (Å²) < 4.78 is 0. The van der Waals surface area contributed by atoms with Gasteiger partial charge < -0.3 is 10.6 Å². The molecule has 130 valence electrons. The normalized spacial score (nSPS) is 22.9. The molecule has 8 nitrogen and oxygen atoms in total. The van der Waals surface area contributed by atoms with Crippen molar-refractivity contribution in [2.45, 2.75) is 19.3 Å². The first-order valence-corrected chi connectivity index (χ1v) is 8.02. The van der Waals surface area contributed by atoms with E-state index >= 15 is 0 Å². The molecule has 0 saturated carbocycles. The quantitative estimate of drug-likeness (QED) is 0.209. The Labute approximate surface area is 144 Å². The second-order valence-corrected chi connectivity index (χ2v) is 5.92. The lowest BCUT2D eigenvalue weighted by Gasteiger charge is -2.14. The molecule has 0 aromatic carbocycles. The Morgan fingerprint density at radius 2 is 1.96 bits per heavy atom. The van der Waals surface area contributed by atoms with Gasteiger partial charge in [0.15, 0.2) is 5.84 Å². The summed E-state index contributed by atoms with van der Waals surface area (Å²) in [6.45, 7) is -0.00812. The van der Waals surface area contributed by atoms with Crippen molar-refractivity contribution in [3.8, 4) is 0 Å². The van der Waals surface area contributed by atoms with E-state index in [0.29, 0.717) is 18.4 Å². The standard InChI is InChI=1S/C17H18N4O4/c18-15(11-4-3-8-19-10-11)20-25-14(22)7-9-21-16(23)12-5-1-2-6-13(12)17(21)24/h1-4,8,10,12-13H,5-7,9H2,(H2,18,20)/t12-,13-/m1/s1. The van der Waals surface area contributed by atoms with Gasteiger partial charge in [-0.1, -0.05) is 17.3 Å². The Hall–Kier alpha value is -3.03. The Morgan fingerprint density at radius 3 is 2.56 bits per heavy atom. The van der Waals surface area contributed by atoms with Crippen LogP contribution in [-0.4, -0.2) is 40.0 Å². The second-order valence-electron chi connectivity index (χ2n) is 5.92. The first kappa shape index (κ1) is 16.8. The molecule has 1 saturated heterocycles. The lowest BCUT2D eigenvalue weighted by Crippen LogP contribution is -2.33. The average molecular weight is 342 g/mol. The first-order valence-electron chi connectivity index (χ1n) is 8.02. The van der Waals surface area contributed by atoms with E-state index in [1.54, 1.807) is 18.3 Å². The summed E-state index contributed by atoms with van der Waals surface area (Å²) in [6.07, 6.45) is 7.92. The number of amidine groups is 1. The summed E-state index contributed by atoms with van der Waals surface area (Å²) in [7, 11) is 0. The number of hydrogen-bond acceptors (Lipinski definition) is 6. The Kier molecular flexibility index (Phi) is 4.87. The highest BCUT2D eigenvalue weighted by Gasteiger charge is 2.46. The van der Waals surface area contributed by atoms with Crippen LogP contribution < -0.4 is 5.73 Å². The van der Waals surface area contributed by atoms with Gasteiger partial charge in [-0.15, -0.1) is 0 Å². The fraction of sp³-hybridized carbons (Fsp3) is 0.353. The minimum absolute atomic E-state index is 0.00812. The lowest BCUT2D eigenvalue weighted by molar-refractivity contribution is -0.145. The molecule has 1 aliphatic heterocycles. The summed E-state index contributed by atoms with van der Waals surface area (Å²) in [5, 5.41) is 3.56. The van der Waals surface area contributed by atoms with Crippen LogP contribution >= 0.6 is 0 Å². The van der Waals surface area contributed by atoms with Crippen molar-refractivity contribution in [1.29, 1.82) is 0 Å². The van der Waals surface area contributed by atoms with Crippen LogP contribution in [0.1, 0.15) is 24.8 Å². The minimum atomic E-state index is -0.666. The highest BCUT2D eigenvalue weighted by molar-refractivity contribution is 6.05. The molecule has 1 aromatic rings. The average Bonchev–Trinajstić information content (AvgIpc) is 2.89.